The largest absolute Gasteiger partial charge is 0.492 e. The van der Waals surface area contributed by atoms with Gasteiger partial charge in [-0.2, -0.15) is 0 Å². The van der Waals surface area contributed by atoms with Crippen LogP contribution in [-0.4, -0.2) is 18.6 Å². The van der Waals surface area contributed by atoms with Gasteiger partial charge in [-0.1, -0.05) is 0 Å². The Balaban J connectivity index is 1.92. The average Bonchev–Trinajstić information content (AvgIpc) is 2.89. The van der Waals surface area contributed by atoms with Crippen molar-refractivity contribution in [2.45, 2.75) is 26.4 Å². The molecule has 0 radical (unpaired) electrons. The minimum atomic E-state index is -0.473. The van der Waals surface area contributed by atoms with Crippen LogP contribution in [0.1, 0.15) is 29.8 Å². The molecule has 0 bridgehead atoms. The van der Waals surface area contributed by atoms with Gasteiger partial charge in [0.2, 0.25) is 0 Å². The number of fused-ring (bicyclic) bond motifs is 1. The summed E-state index contributed by atoms with van der Waals surface area (Å²) < 4.78 is 25.3. The van der Waals surface area contributed by atoms with Crippen molar-refractivity contribution in [3.8, 4) is 11.5 Å². The molecule has 2 aromatic carbocycles. The molecule has 1 heterocycles. The number of nitrogens with one attached hydrogen (secondary N) is 1. The highest BCUT2D eigenvalue weighted by molar-refractivity contribution is 9.10. The van der Waals surface area contributed by atoms with E-state index in [2.05, 4.69) is 21.2 Å². The van der Waals surface area contributed by atoms with Crippen molar-refractivity contribution < 1.29 is 18.7 Å². The minimum Gasteiger partial charge on any atom is -0.492 e. The number of carbonyl (C=O) groups excluding carboxylic acids is 1. The number of amides is 1. The highest BCUT2D eigenvalue weighted by atomic mass is 79.9. The summed E-state index contributed by atoms with van der Waals surface area (Å²) in [7, 11) is 0. The van der Waals surface area contributed by atoms with Gasteiger partial charge in [-0.25, -0.2) is 4.39 Å². The third kappa shape index (κ3) is 3.38. The molecular formula is C18H17BrFNO3. The Kier molecular flexibility index (Phi) is 4.76. The summed E-state index contributed by atoms with van der Waals surface area (Å²) in [4.78, 5) is 12.5. The predicted octanol–water partition coefficient (Wildman–Crippen LogP) is 4.56. The van der Waals surface area contributed by atoms with Crippen LogP contribution in [0.5, 0.6) is 11.5 Å². The van der Waals surface area contributed by atoms with Crippen molar-refractivity contribution in [3.63, 3.8) is 0 Å². The maximum atomic E-state index is 13.4. The van der Waals surface area contributed by atoms with Crippen LogP contribution in [0.15, 0.2) is 34.8 Å². The Labute approximate surface area is 148 Å². The highest BCUT2D eigenvalue weighted by Gasteiger charge is 2.23. The Morgan fingerprint density at radius 2 is 2.21 bits per heavy atom. The summed E-state index contributed by atoms with van der Waals surface area (Å²) >= 11 is 3.27. The molecule has 0 aromatic heterocycles. The van der Waals surface area contributed by atoms with Crippen molar-refractivity contribution in [2.24, 2.45) is 0 Å². The quantitative estimate of drug-likeness (QED) is 0.827. The van der Waals surface area contributed by atoms with Crippen molar-refractivity contribution in [3.05, 3.63) is 51.7 Å². The van der Waals surface area contributed by atoms with E-state index in [0.717, 1.165) is 17.7 Å². The molecular weight excluding hydrogens is 377 g/mol. The number of hydrogen-bond donors (Lipinski definition) is 1. The van der Waals surface area contributed by atoms with Crippen molar-refractivity contribution in [1.29, 1.82) is 0 Å². The normalized spacial score (nSPS) is 15.6. The monoisotopic (exact) mass is 393 g/mol. The lowest BCUT2D eigenvalue weighted by Gasteiger charge is -2.14. The van der Waals surface area contributed by atoms with E-state index in [-0.39, 0.29) is 11.7 Å². The van der Waals surface area contributed by atoms with E-state index < -0.39 is 11.7 Å². The van der Waals surface area contributed by atoms with Gasteiger partial charge >= 0.3 is 0 Å². The molecule has 1 N–H and O–H groups in total. The molecule has 0 aliphatic carbocycles. The van der Waals surface area contributed by atoms with E-state index in [1.54, 1.807) is 6.07 Å². The summed E-state index contributed by atoms with van der Waals surface area (Å²) in [6.07, 6.45) is 0.900. The van der Waals surface area contributed by atoms with Crippen molar-refractivity contribution >= 4 is 27.5 Å². The Bertz CT molecular complexity index is 794. The zero-order valence-electron chi connectivity index (χ0n) is 13.4. The third-order valence-electron chi connectivity index (χ3n) is 3.72. The van der Waals surface area contributed by atoms with E-state index in [0.29, 0.717) is 22.5 Å². The average molecular weight is 394 g/mol. The van der Waals surface area contributed by atoms with Gasteiger partial charge in [0.05, 0.1) is 17.9 Å². The molecule has 1 aliphatic heterocycles. The third-order valence-corrected chi connectivity index (χ3v) is 4.41. The first-order valence-electron chi connectivity index (χ1n) is 7.70. The molecule has 1 atom stereocenters. The van der Waals surface area contributed by atoms with Gasteiger partial charge < -0.3 is 14.8 Å². The lowest BCUT2D eigenvalue weighted by Crippen LogP contribution is -2.14. The number of hydrogen-bond acceptors (Lipinski definition) is 3. The second-order valence-corrected chi connectivity index (χ2v) is 6.45. The second-order valence-electron chi connectivity index (χ2n) is 5.60. The molecule has 0 unspecified atom stereocenters. The predicted molar refractivity (Wildman–Crippen MR) is 93.5 cm³/mol. The van der Waals surface area contributed by atoms with E-state index in [1.807, 2.05) is 19.9 Å². The fourth-order valence-electron chi connectivity index (χ4n) is 2.67. The van der Waals surface area contributed by atoms with Crippen LogP contribution >= 0.6 is 15.9 Å². The van der Waals surface area contributed by atoms with E-state index >= 15 is 0 Å². The fraction of sp³-hybridized carbons (Fsp3) is 0.278. The first-order chi connectivity index (χ1) is 11.5. The first-order valence-corrected chi connectivity index (χ1v) is 8.50. The smallest absolute Gasteiger partial charge is 0.257 e. The first kappa shape index (κ1) is 16.8. The zero-order valence-corrected chi connectivity index (χ0v) is 14.9. The fourth-order valence-corrected chi connectivity index (χ4v) is 3.10. The molecule has 0 saturated carbocycles. The molecule has 1 aliphatic rings. The van der Waals surface area contributed by atoms with Gasteiger partial charge in [-0.3, -0.25) is 4.79 Å². The summed E-state index contributed by atoms with van der Waals surface area (Å²) in [6, 6.07) is 7.62. The molecule has 126 valence electrons. The van der Waals surface area contributed by atoms with Gasteiger partial charge in [0, 0.05) is 22.5 Å². The molecule has 1 amide bonds. The summed E-state index contributed by atoms with van der Waals surface area (Å²) in [6.45, 7) is 4.34. The summed E-state index contributed by atoms with van der Waals surface area (Å²) in [5.74, 6) is 0.419. The van der Waals surface area contributed by atoms with Crippen LogP contribution < -0.4 is 14.8 Å². The molecule has 0 saturated heterocycles. The topological polar surface area (TPSA) is 47.6 Å². The van der Waals surface area contributed by atoms with E-state index in [9.17, 15) is 9.18 Å². The van der Waals surface area contributed by atoms with E-state index in [4.69, 9.17) is 9.47 Å². The van der Waals surface area contributed by atoms with E-state index in [1.165, 1.54) is 18.2 Å². The number of carbonyl (C=O) groups is 1. The van der Waals surface area contributed by atoms with Crippen LogP contribution in [-0.2, 0) is 6.42 Å². The van der Waals surface area contributed by atoms with Gasteiger partial charge in [-0.15, -0.1) is 0 Å². The Morgan fingerprint density at radius 1 is 1.42 bits per heavy atom. The molecule has 24 heavy (non-hydrogen) atoms. The molecule has 3 rings (SSSR count). The summed E-state index contributed by atoms with van der Waals surface area (Å²) in [5, 5.41) is 2.78. The van der Waals surface area contributed by atoms with Crippen LogP contribution in [0, 0.1) is 5.82 Å². The second kappa shape index (κ2) is 6.81. The number of ether oxygens (including phenoxy) is 2. The Hall–Kier alpha value is -2.08. The van der Waals surface area contributed by atoms with Crippen LogP contribution in [0.2, 0.25) is 0 Å². The highest BCUT2D eigenvalue weighted by Crippen LogP contribution is 2.38. The number of halogens is 2. The van der Waals surface area contributed by atoms with Crippen LogP contribution in [0.4, 0.5) is 10.1 Å². The van der Waals surface area contributed by atoms with Crippen LogP contribution in [0.3, 0.4) is 0 Å². The molecule has 2 aromatic rings. The Morgan fingerprint density at radius 3 is 2.96 bits per heavy atom. The SMILES string of the molecule is CCOc1cc2c(cc1NC(=O)c1cc(F)ccc1Br)O[C@@H](C)C2. The van der Waals surface area contributed by atoms with Gasteiger partial charge in [0.1, 0.15) is 23.4 Å². The number of rotatable bonds is 4. The number of benzene rings is 2. The van der Waals surface area contributed by atoms with Crippen molar-refractivity contribution in [2.75, 3.05) is 11.9 Å². The molecule has 0 spiro atoms. The molecule has 4 nitrogen and oxygen atoms in total. The molecule has 6 heteroatoms. The van der Waals surface area contributed by atoms with Gasteiger partial charge in [0.15, 0.2) is 0 Å². The standard InChI is InChI=1S/C18H17BrFNO3/c1-3-23-17-7-11-6-10(2)24-16(11)9-15(17)21-18(22)13-8-12(20)4-5-14(13)19/h4-5,7-10H,3,6H2,1-2H3,(H,21,22)/t10-/m0/s1. The maximum Gasteiger partial charge on any atom is 0.257 e. The zero-order chi connectivity index (χ0) is 17.3. The van der Waals surface area contributed by atoms with Gasteiger partial charge in [0.25, 0.3) is 5.91 Å². The lowest BCUT2D eigenvalue weighted by atomic mass is 10.1. The maximum absolute atomic E-state index is 13.4. The van der Waals surface area contributed by atoms with Gasteiger partial charge in [-0.05, 0) is 54.0 Å². The molecule has 0 fully saturated rings. The summed E-state index contributed by atoms with van der Waals surface area (Å²) in [5.41, 5.74) is 1.77. The van der Waals surface area contributed by atoms with Crippen molar-refractivity contribution in [1.82, 2.24) is 0 Å². The lowest BCUT2D eigenvalue weighted by molar-refractivity contribution is 0.102. The minimum absolute atomic E-state index is 0.0952. The van der Waals surface area contributed by atoms with Crippen LogP contribution in [0.25, 0.3) is 0 Å². The number of anilines is 1.